The molecule has 2 aromatic rings. The summed E-state index contributed by atoms with van der Waals surface area (Å²) in [5, 5.41) is 0.888. The van der Waals surface area contributed by atoms with Crippen molar-refractivity contribution < 1.29 is 23.1 Å². The molecular formula is C12H7BrF2NO3P. The highest BCUT2D eigenvalue weighted by Crippen LogP contribution is 2.60. The van der Waals surface area contributed by atoms with Crippen molar-refractivity contribution in [1.29, 1.82) is 0 Å². The molecule has 0 amide bonds. The molecule has 0 bridgehead atoms. The summed E-state index contributed by atoms with van der Waals surface area (Å²) in [6, 6.07) is 6.72. The van der Waals surface area contributed by atoms with Crippen LogP contribution in [0.25, 0.3) is 15.6 Å². The largest absolute Gasteiger partial charge is 0.399 e. The van der Waals surface area contributed by atoms with E-state index in [4.69, 9.17) is 16.4 Å². The third-order valence-corrected chi connectivity index (χ3v) is 4.36. The van der Waals surface area contributed by atoms with Gasteiger partial charge in [0.15, 0.2) is 5.69 Å². The second-order valence-electron chi connectivity index (χ2n) is 4.06. The van der Waals surface area contributed by atoms with E-state index in [0.717, 1.165) is 6.07 Å². The second-order valence-corrected chi connectivity index (χ2v) is 6.56. The van der Waals surface area contributed by atoms with Crippen LogP contribution in [-0.4, -0.2) is 9.79 Å². The summed E-state index contributed by atoms with van der Waals surface area (Å²) in [5.74, 6) is 0. The van der Waals surface area contributed by atoms with E-state index in [2.05, 4.69) is 20.8 Å². The fourth-order valence-electron chi connectivity index (χ4n) is 1.71. The van der Waals surface area contributed by atoms with Gasteiger partial charge in [-0.15, -0.1) is 0 Å². The molecule has 0 radical (unpaired) electrons. The Hall–Kier alpha value is -1.32. The molecule has 2 rings (SSSR count). The van der Waals surface area contributed by atoms with E-state index >= 15 is 0 Å². The minimum atomic E-state index is -5.62. The number of benzene rings is 2. The summed E-state index contributed by atoms with van der Waals surface area (Å²) < 4.78 is 38.3. The molecule has 4 nitrogen and oxygen atoms in total. The number of alkyl halides is 2. The van der Waals surface area contributed by atoms with Gasteiger partial charge in [0.25, 0.3) is 0 Å². The van der Waals surface area contributed by atoms with E-state index in [1.165, 1.54) is 24.3 Å². The van der Waals surface area contributed by atoms with E-state index in [9.17, 15) is 13.3 Å². The van der Waals surface area contributed by atoms with Crippen molar-refractivity contribution in [3.8, 4) is 0 Å². The predicted octanol–water partition coefficient (Wildman–Crippen LogP) is 4.38. The van der Waals surface area contributed by atoms with Gasteiger partial charge in [0, 0.05) is 10.0 Å². The van der Waals surface area contributed by atoms with Gasteiger partial charge in [0.05, 0.1) is 6.57 Å². The van der Waals surface area contributed by atoms with Gasteiger partial charge < -0.3 is 9.79 Å². The summed E-state index contributed by atoms with van der Waals surface area (Å²) in [4.78, 5) is 20.8. The molecule has 2 aromatic carbocycles. The number of hydrogen-bond acceptors (Lipinski definition) is 1. The summed E-state index contributed by atoms with van der Waals surface area (Å²) in [7, 11) is -5.62. The lowest BCUT2D eigenvalue weighted by molar-refractivity contribution is 0.0559. The van der Waals surface area contributed by atoms with Crippen molar-refractivity contribution in [3.63, 3.8) is 0 Å². The maximum absolute atomic E-state index is 13.8. The van der Waals surface area contributed by atoms with Crippen LogP contribution >= 0.6 is 23.5 Å². The van der Waals surface area contributed by atoms with Gasteiger partial charge in [-0.3, -0.25) is 4.57 Å². The minimum Gasteiger partial charge on any atom is -0.320 e. The molecule has 0 unspecified atom stereocenters. The molecule has 0 aromatic heterocycles. The highest BCUT2D eigenvalue weighted by molar-refractivity contribution is 9.10. The summed E-state index contributed by atoms with van der Waals surface area (Å²) >= 11 is 2.89. The molecule has 0 saturated heterocycles. The van der Waals surface area contributed by atoms with Crippen LogP contribution in [0.2, 0.25) is 0 Å². The van der Waals surface area contributed by atoms with Crippen LogP contribution in [0.3, 0.4) is 0 Å². The zero-order chi connectivity index (χ0) is 15.1. The number of rotatable bonds is 2. The van der Waals surface area contributed by atoms with E-state index in [-0.39, 0.29) is 4.47 Å². The zero-order valence-electron chi connectivity index (χ0n) is 9.72. The standard InChI is InChI=1S/C12H7BrF2NO3P/c1-16-9-3-2-7-5-10(11(13)6-8(7)4-9)12(14,15)20(17,18)19/h2-6H,(H2,17,18,19). The maximum atomic E-state index is 13.8. The lowest BCUT2D eigenvalue weighted by Gasteiger charge is -2.19. The molecule has 0 aliphatic heterocycles. The fourth-order valence-corrected chi connectivity index (χ4v) is 2.98. The Labute approximate surface area is 121 Å². The Morgan fingerprint density at radius 1 is 1.20 bits per heavy atom. The fraction of sp³-hybridized carbons (Fsp3) is 0.0833. The molecule has 0 atom stereocenters. The number of halogens is 3. The van der Waals surface area contributed by atoms with E-state index < -0.39 is 18.8 Å². The highest BCUT2D eigenvalue weighted by Gasteiger charge is 2.51. The summed E-state index contributed by atoms with van der Waals surface area (Å²) in [6.07, 6.45) is 0. The number of fused-ring (bicyclic) bond motifs is 1. The Morgan fingerprint density at radius 2 is 1.85 bits per heavy atom. The maximum Gasteiger partial charge on any atom is 0.399 e. The monoisotopic (exact) mass is 361 g/mol. The average molecular weight is 362 g/mol. The number of hydrogen-bond donors (Lipinski definition) is 2. The van der Waals surface area contributed by atoms with Gasteiger partial charge in [-0.2, -0.15) is 8.78 Å². The molecule has 0 aliphatic carbocycles. The molecular weight excluding hydrogens is 355 g/mol. The lowest BCUT2D eigenvalue weighted by atomic mass is 10.1. The topological polar surface area (TPSA) is 61.9 Å². The Kier molecular flexibility index (Phi) is 3.69. The quantitative estimate of drug-likeness (QED) is 0.616. The van der Waals surface area contributed by atoms with Crippen LogP contribution in [-0.2, 0) is 10.2 Å². The summed E-state index contributed by atoms with van der Waals surface area (Å²) in [5.41, 5.74) is -4.72. The third kappa shape index (κ3) is 2.48. The van der Waals surface area contributed by atoms with Crippen LogP contribution in [0.5, 0.6) is 0 Å². The van der Waals surface area contributed by atoms with Crippen molar-refractivity contribution in [2.45, 2.75) is 5.66 Å². The average Bonchev–Trinajstić information content (AvgIpc) is 2.35. The van der Waals surface area contributed by atoms with Gasteiger partial charge in [-0.05, 0) is 29.0 Å². The smallest absolute Gasteiger partial charge is 0.320 e. The van der Waals surface area contributed by atoms with Crippen LogP contribution in [0.4, 0.5) is 14.5 Å². The molecule has 0 spiro atoms. The Bertz CT molecular complexity index is 782. The van der Waals surface area contributed by atoms with Gasteiger partial charge in [0.1, 0.15) is 0 Å². The molecule has 0 aliphatic rings. The Morgan fingerprint density at radius 3 is 2.40 bits per heavy atom. The molecule has 0 heterocycles. The Balaban J connectivity index is 2.72. The van der Waals surface area contributed by atoms with Crippen LogP contribution in [0.15, 0.2) is 34.8 Å². The SMILES string of the molecule is [C-]#[N+]c1ccc2cc(C(F)(F)P(=O)(O)O)c(Br)cc2c1. The van der Waals surface area contributed by atoms with Crippen molar-refractivity contribution in [1.82, 2.24) is 0 Å². The lowest BCUT2D eigenvalue weighted by Crippen LogP contribution is -2.14. The first-order chi connectivity index (χ1) is 9.16. The third-order valence-electron chi connectivity index (χ3n) is 2.73. The first kappa shape index (κ1) is 15.1. The zero-order valence-corrected chi connectivity index (χ0v) is 12.2. The van der Waals surface area contributed by atoms with Crippen molar-refractivity contribution in [2.75, 3.05) is 0 Å². The minimum absolute atomic E-state index is 0.125. The van der Waals surface area contributed by atoms with Crippen molar-refractivity contribution in [2.24, 2.45) is 0 Å². The van der Waals surface area contributed by atoms with E-state index in [1.807, 2.05) is 0 Å². The van der Waals surface area contributed by atoms with Crippen molar-refractivity contribution in [3.05, 3.63) is 51.8 Å². The molecule has 0 fully saturated rings. The highest BCUT2D eigenvalue weighted by atomic mass is 79.9. The first-order valence-electron chi connectivity index (χ1n) is 5.21. The van der Waals surface area contributed by atoms with E-state index in [0.29, 0.717) is 16.5 Å². The van der Waals surface area contributed by atoms with Gasteiger partial charge in [-0.1, -0.05) is 28.1 Å². The molecule has 20 heavy (non-hydrogen) atoms. The first-order valence-corrected chi connectivity index (χ1v) is 7.62. The molecule has 104 valence electrons. The molecule has 8 heteroatoms. The normalized spacial score (nSPS) is 12.4. The van der Waals surface area contributed by atoms with E-state index in [1.54, 1.807) is 0 Å². The summed E-state index contributed by atoms with van der Waals surface area (Å²) in [6.45, 7) is 6.89. The van der Waals surface area contributed by atoms with Crippen LogP contribution in [0, 0.1) is 6.57 Å². The predicted molar refractivity (Wildman–Crippen MR) is 73.8 cm³/mol. The van der Waals surface area contributed by atoms with Gasteiger partial charge in [0.2, 0.25) is 0 Å². The van der Waals surface area contributed by atoms with Crippen LogP contribution < -0.4 is 0 Å². The molecule has 0 saturated carbocycles. The number of nitrogens with zero attached hydrogens (tertiary/aromatic N) is 1. The molecule has 2 N–H and O–H groups in total. The van der Waals surface area contributed by atoms with Gasteiger partial charge in [-0.25, -0.2) is 4.85 Å². The second kappa shape index (κ2) is 4.90. The van der Waals surface area contributed by atoms with Crippen molar-refractivity contribution >= 4 is 40.0 Å². The van der Waals surface area contributed by atoms with Crippen LogP contribution in [0.1, 0.15) is 5.56 Å². The van der Waals surface area contributed by atoms with Gasteiger partial charge >= 0.3 is 13.3 Å².